The van der Waals surface area contributed by atoms with Gasteiger partial charge in [0, 0.05) is 19.3 Å². The SMILES string of the molecule is CCOCCCC(N)c1ccc(C(C)(C)C)cc1. The van der Waals surface area contributed by atoms with Crippen LogP contribution in [0.5, 0.6) is 0 Å². The molecule has 0 aromatic heterocycles. The molecule has 0 amide bonds. The van der Waals surface area contributed by atoms with Crippen molar-refractivity contribution in [2.45, 2.75) is 52.0 Å². The van der Waals surface area contributed by atoms with Crippen LogP contribution in [0.15, 0.2) is 24.3 Å². The quantitative estimate of drug-likeness (QED) is 0.778. The third kappa shape index (κ3) is 4.79. The van der Waals surface area contributed by atoms with Crippen molar-refractivity contribution >= 4 is 0 Å². The summed E-state index contributed by atoms with van der Waals surface area (Å²) in [5.74, 6) is 0. The Hall–Kier alpha value is -0.860. The van der Waals surface area contributed by atoms with E-state index in [-0.39, 0.29) is 11.5 Å². The number of hydrogen-bond donors (Lipinski definition) is 1. The summed E-state index contributed by atoms with van der Waals surface area (Å²) in [6.45, 7) is 10.3. The van der Waals surface area contributed by atoms with E-state index in [9.17, 15) is 0 Å². The maximum Gasteiger partial charge on any atom is 0.0466 e. The average Bonchev–Trinajstić information content (AvgIpc) is 2.33. The van der Waals surface area contributed by atoms with E-state index in [1.54, 1.807) is 0 Å². The standard InChI is InChI=1S/C16H27NO/c1-5-18-12-6-7-15(17)13-8-10-14(11-9-13)16(2,3)4/h8-11,15H,5-7,12,17H2,1-4H3. The molecule has 0 bridgehead atoms. The molecule has 0 saturated heterocycles. The number of rotatable bonds is 6. The largest absolute Gasteiger partial charge is 0.382 e. The zero-order valence-electron chi connectivity index (χ0n) is 12.2. The molecular weight excluding hydrogens is 222 g/mol. The zero-order valence-corrected chi connectivity index (χ0v) is 12.2. The van der Waals surface area contributed by atoms with Gasteiger partial charge in [0.2, 0.25) is 0 Å². The molecule has 1 rings (SSSR count). The van der Waals surface area contributed by atoms with Gasteiger partial charge in [-0.25, -0.2) is 0 Å². The van der Waals surface area contributed by atoms with Crippen LogP contribution >= 0.6 is 0 Å². The number of benzene rings is 1. The highest BCUT2D eigenvalue weighted by atomic mass is 16.5. The van der Waals surface area contributed by atoms with Gasteiger partial charge in [-0.15, -0.1) is 0 Å². The van der Waals surface area contributed by atoms with Gasteiger partial charge in [0.25, 0.3) is 0 Å². The molecule has 0 saturated carbocycles. The van der Waals surface area contributed by atoms with Crippen molar-refractivity contribution in [1.82, 2.24) is 0 Å². The van der Waals surface area contributed by atoms with Crippen LogP contribution < -0.4 is 5.73 Å². The van der Waals surface area contributed by atoms with Crippen LogP contribution in [-0.2, 0) is 10.2 Å². The Morgan fingerprint density at radius 2 is 1.78 bits per heavy atom. The minimum atomic E-state index is 0.125. The summed E-state index contributed by atoms with van der Waals surface area (Å²) in [6, 6.07) is 8.83. The Bertz CT molecular complexity index is 337. The lowest BCUT2D eigenvalue weighted by atomic mass is 9.86. The Kier molecular flexibility index (Phi) is 5.83. The lowest BCUT2D eigenvalue weighted by molar-refractivity contribution is 0.142. The lowest BCUT2D eigenvalue weighted by Gasteiger charge is -2.20. The van der Waals surface area contributed by atoms with E-state index < -0.39 is 0 Å². The molecule has 2 nitrogen and oxygen atoms in total. The minimum Gasteiger partial charge on any atom is -0.382 e. The van der Waals surface area contributed by atoms with E-state index in [0.29, 0.717) is 0 Å². The summed E-state index contributed by atoms with van der Waals surface area (Å²) in [7, 11) is 0. The first-order chi connectivity index (χ1) is 8.45. The zero-order chi connectivity index (χ0) is 13.6. The van der Waals surface area contributed by atoms with Gasteiger partial charge in [-0.2, -0.15) is 0 Å². The molecule has 2 heteroatoms. The van der Waals surface area contributed by atoms with Crippen LogP contribution in [-0.4, -0.2) is 13.2 Å². The van der Waals surface area contributed by atoms with Crippen molar-refractivity contribution in [3.63, 3.8) is 0 Å². The Morgan fingerprint density at radius 3 is 2.28 bits per heavy atom. The first-order valence-electron chi connectivity index (χ1n) is 6.89. The summed E-state index contributed by atoms with van der Waals surface area (Å²) in [5.41, 5.74) is 8.96. The van der Waals surface area contributed by atoms with Gasteiger partial charge in [0.15, 0.2) is 0 Å². The smallest absolute Gasteiger partial charge is 0.0466 e. The fourth-order valence-corrected chi connectivity index (χ4v) is 1.95. The predicted octanol–water partition coefficient (Wildman–Crippen LogP) is 3.80. The van der Waals surface area contributed by atoms with Crippen molar-refractivity contribution < 1.29 is 4.74 Å². The molecule has 0 aliphatic heterocycles. The van der Waals surface area contributed by atoms with Gasteiger partial charge >= 0.3 is 0 Å². The fourth-order valence-electron chi connectivity index (χ4n) is 1.95. The number of hydrogen-bond acceptors (Lipinski definition) is 2. The van der Waals surface area contributed by atoms with Crippen LogP contribution in [0, 0.1) is 0 Å². The monoisotopic (exact) mass is 249 g/mol. The van der Waals surface area contributed by atoms with Gasteiger partial charge in [-0.1, -0.05) is 45.0 Å². The minimum absolute atomic E-state index is 0.125. The van der Waals surface area contributed by atoms with Crippen molar-refractivity contribution in [2.24, 2.45) is 5.73 Å². The number of nitrogens with two attached hydrogens (primary N) is 1. The Labute approximate surface area is 112 Å². The molecule has 0 heterocycles. The van der Waals surface area contributed by atoms with Gasteiger partial charge in [0.05, 0.1) is 0 Å². The normalized spacial score (nSPS) is 13.6. The maximum atomic E-state index is 6.18. The fraction of sp³-hybridized carbons (Fsp3) is 0.625. The van der Waals surface area contributed by atoms with Gasteiger partial charge in [-0.05, 0) is 36.3 Å². The molecule has 1 aromatic rings. The van der Waals surface area contributed by atoms with E-state index in [4.69, 9.17) is 10.5 Å². The first-order valence-corrected chi connectivity index (χ1v) is 6.89. The lowest BCUT2D eigenvalue weighted by Crippen LogP contribution is -2.14. The van der Waals surface area contributed by atoms with E-state index >= 15 is 0 Å². The molecule has 2 N–H and O–H groups in total. The molecule has 0 aliphatic rings. The highest BCUT2D eigenvalue weighted by Gasteiger charge is 2.14. The maximum absolute atomic E-state index is 6.18. The molecule has 18 heavy (non-hydrogen) atoms. The molecule has 1 unspecified atom stereocenters. The van der Waals surface area contributed by atoms with E-state index in [1.807, 2.05) is 6.92 Å². The summed E-state index contributed by atoms with van der Waals surface area (Å²) >= 11 is 0. The van der Waals surface area contributed by atoms with Crippen LogP contribution in [0.2, 0.25) is 0 Å². The molecule has 0 aliphatic carbocycles. The highest BCUT2D eigenvalue weighted by molar-refractivity contribution is 5.29. The van der Waals surface area contributed by atoms with E-state index in [0.717, 1.165) is 26.1 Å². The van der Waals surface area contributed by atoms with E-state index in [2.05, 4.69) is 45.0 Å². The second kappa shape index (κ2) is 6.91. The van der Waals surface area contributed by atoms with Crippen LogP contribution in [0.3, 0.4) is 0 Å². The van der Waals surface area contributed by atoms with Crippen LogP contribution in [0.4, 0.5) is 0 Å². The Balaban J connectivity index is 2.51. The van der Waals surface area contributed by atoms with Crippen molar-refractivity contribution in [3.05, 3.63) is 35.4 Å². The van der Waals surface area contributed by atoms with Crippen molar-refractivity contribution in [3.8, 4) is 0 Å². The molecule has 1 atom stereocenters. The highest BCUT2D eigenvalue weighted by Crippen LogP contribution is 2.24. The molecule has 0 spiro atoms. The van der Waals surface area contributed by atoms with E-state index in [1.165, 1.54) is 11.1 Å². The van der Waals surface area contributed by atoms with Crippen molar-refractivity contribution in [1.29, 1.82) is 0 Å². The average molecular weight is 249 g/mol. The summed E-state index contributed by atoms with van der Waals surface area (Å²) in [6.07, 6.45) is 2.00. The summed E-state index contributed by atoms with van der Waals surface area (Å²) < 4.78 is 5.33. The van der Waals surface area contributed by atoms with Crippen LogP contribution in [0.25, 0.3) is 0 Å². The Morgan fingerprint density at radius 1 is 1.17 bits per heavy atom. The van der Waals surface area contributed by atoms with Gasteiger partial charge in [0.1, 0.15) is 0 Å². The molecule has 0 fully saturated rings. The number of ether oxygens (including phenoxy) is 1. The van der Waals surface area contributed by atoms with Crippen LogP contribution in [0.1, 0.15) is 57.7 Å². The molecular formula is C16H27NO. The molecule has 0 radical (unpaired) electrons. The third-order valence-electron chi connectivity index (χ3n) is 3.21. The predicted molar refractivity (Wildman–Crippen MR) is 77.8 cm³/mol. The molecule has 1 aromatic carbocycles. The summed E-state index contributed by atoms with van der Waals surface area (Å²) in [5, 5.41) is 0. The summed E-state index contributed by atoms with van der Waals surface area (Å²) in [4.78, 5) is 0. The second-order valence-electron chi connectivity index (χ2n) is 5.82. The topological polar surface area (TPSA) is 35.2 Å². The third-order valence-corrected chi connectivity index (χ3v) is 3.21. The first kappa shape index (κ1) is 15.2. The van der Waals surface area contributed by atoms with Crippen molar-refractivity contribution in [2.75, 3.05) is 13.2 Å². The molecule has 102 valence electrons. The van der Waals surface area contributed by atoms with Gasteiger partial charge < -0.3 is 10.5 Å². The van der Waals surface area contributed by atoms with Gasteiger partial charge in [-0.3, -0.25) is 0 Å². The second-order valence-corrected chi connectivity index (χ2v) is 5.82.